The standard InChI is InChI=1S/C20H22N6O3S/c1-20(2,3)16-15(22-14-10-21-19(29-6)30-14)18-24-23-17(26(18)25-16)12-9-11(27-4)7-8-13(12)28-5/h7-10H,1-6H3. The molecule has 1 aromatic carbocycles. The molecule has 1 aliphatic heterocycles. The summed E-state index contributed by atoms with van der Waals surface area (Å²) in [5.74, 6) is 2.45. The second kappa shape index (κ2) is 7.52. The van der Waals surface area contributed by atoms with Crippen molar-refractivity contribution in [1.29, 1.82) is 0 Å². The van der Waals surface area contributed by atoms with Crippen molar-refractivity contribution in [1.82, 2.24) is 19.9 Å². The zero-order valence-corrected chi connectivity index (χ0v) is 18.4. The number of fused-ring (bicyclic) bond motifs is 1. The van der Waals surface area contributed by atoms with E-state index in [0.29, 0.717) is 39.1 Å². The fourth-order valence-corrected chi connectivity index (χ4v) is 3.66. The molecule has 0 fully saturated rings. The van der Waals surface area contributed by atoms with E-state index in [2.05, 4.69) is 36.0 Å². The molecule has 0 atom stereocenters. The van der Waals surface area contributed by atoms with Crippen LogP contribution < -0.4 is 14.2 Å². The van der Waals surface area contributed by atoms with E-state index >= 15 is 0 Å². The van der Waals surface area contributed by atoms with Crippen molar-refractivity contribution in [2.45, 2.75) is 20.8 Å². The molecule has 0 saturated carbocycles. The van der Waals surface area contributed by atoms with Gasteiger partial charge in [0.1, 0.15) is 22.2 Å². The fraction of sp³-hybridized carbons (Fsp3) is 0.350. The van der Waals surface area contributed by atoms with Crippen molar-refractivity contribution in [2.75, 3.05) is 21.3 Å². The lowest BCUT2D eigenvalue weighted by atomic mass is 9.87. The summed E-state index contributed by atoms with van der Waals surface area (Å²) >= 11 is 1.35. The highest BCUT2D eigenvalue weighted by Gasteiger charge is 2.36. The van der Waals surface area contributed by atoms with Crippen LogP contribution in [0.2, 0.25) is 0 Å². The Kier molecular flexibility index (Phi) is 5.02. The normalized spacial score (nSPS) is 14.6. The van der Waals surface area contributed by atoms with Crippen molar-refractivity contribution < 1.29 is 14.2 Å². The summed E-state index contributed by atoms with van der Waals surface area (Å²) in [6.45, 7) is 6.25. The first-order valence-electron chi connectivity index (χ1n) is 9.22. The minimum absolute atomic E-state index is 0.260. The van der Waals surface area contributed by atoms with E-state index in [-0.39, 0.29) is 5.41 Å². The number of ether oxygens (including phenoxy) is 3. The summed E-state index contributed by atoms with van der Waals surface area (Å²) in [5.41, 5.74) is 1.94. The van der Waals surface area contributed by atoms with E-state index < -0.39 is 0 Å². The van der Waals surface area contributed by atoms with Gasteiger partial charge in [0.25, 0.3) is 5.19 Å². The summed E-state index contributed by atoms with van der Waals surface area (Å²) in [7, 11) is 4.81. The summed E-state index contributed by atoms with van der Waals surface area (Å²) in [6, 6.07) is 5.51. The van der Waals surface area contributed by atoms with Crippen LogP contribution in [0.1, 0.15) is 26.6 Å². The lowest BCUT2D eigenvalue weighted by Gasteiger charge is -2.17. The molecular formula is C20H22N6O3S. The average Bonchev–Trinajstić information content (AvgIpc) is 3.43. The largest absolute Gasteiger partial charge is 0.497 e. The van der Waals surface area contributed by atoms with Crippen molar-refractivity contribution in [3.63, 3.8) is 0 Å². The third-order valence-corrected chi connectivity index (χ3v) is 5.36. The highest BCUT2D eigenvalue weighted by molar-refractivity contribution is 7.17. The summed E-state index contributed by atoms with van der Waals surface area (Å²) in [6.07, 6.45) is 1.67. The molecule has 2 aromatic heterocycles. The Balaban J connectivity index is 1.88. The molecule has 0 unspecified atom stereocenters. The highest BCUT2D eigenvalue weighted by atomic mass is 32.1. The molecule has 156 valence electrons. The van der Waals surface area contributed by atoms with E-state index in [1.807, 2.05) is 18.2 Å². The maximum Gasteiger partial charge on any atom is 0.274 e. The number of benzene rings is 1. The number of nitrogens with zero attached hydrogens (tertiary/aromatic N) is 6. The van der Waals surface area contributed by atoms with Gasteiger partial charge in [0, 0.05) is 5.41 Å². The first-order chi connectivity index (χ1) is 14.4. The molecule has 0 radical (unpaired) electrons. The summed E-state index contributed by atoms with van der Waals surface area (Å²) in [4.78, 5) is 8.97. The minimum Gasteiger partial charge on any atom is -0.497 e. The zero-order valence-electron chi connectivity index (χ0n) is 17.6. The molecule has 0 saturated heterocycles. The third-order valence-electron chi connectivity index (χ3n) is 4.50. The van der Waals surface area contributed by atoms with Crippen molar-refractivity contribution >= 4 is 27.8 Å². The Hall–Kier alpha value is -3.27. The number of thiazole rings is 1. The molecule has 10 heteroatoms. The fourth-order valence-electron chi connectivity index (χ4n) is 3.05. The summed E-state index contributed by atoms with van der Waals surface area (Å²) in [5, 5.41) is 14.9. The molecule has 9 nitrogen and oxygen atoms in total. The van der Waals surface area contributed by atoms with Gasteiger partial charge < -0.3 is 14.2 Å². The van der Waals surface area contributed by atoms with E-state index in [4.69, 9.17) is 24.3 Å². The Morgan fingerprint density at radius 1 is 1.00 bits per heavy atom. The van der Waals surface area contributed by atoms with Gasteiger partial charge in [-0.3, -0.25) is 0 Å². The minimum atomic E-state index is -0.260. The van der Waals surface area contributed by atoms with Crippen LogP contribution in [-0.4, -0.2) is 52.6 Å². The van der Waals surface area contributed by atoms with Gasteiger partial charge in [0.2, 0.25) is 5.82 Å². The van der Waals surface area contributed by atoms with E-state index in [1.54, 1.807) is 32.2 Å². The van der Waals surface area contributed by atoms with Gasteiger partial charge in [-0.25, -0.2) is 9.98 Å². The van der Waals surface area contributed by atoms with Crippen LogP contribution in [0.15, 0.2) is 34.5 Å². The monoisotopic (exact) mass is 426 g/mol. The molecule has 1 aliphatic rings. The number of rotatable bonds is 5. The molecule has 3 aromatic rings. The van der Waals surface area contributed by atoms with E-state index in [9.17, 15) is 0 Å². The Bertz CT molecular complexity index is 1160. The third kappa shape index (κ3) is 3.43. The number of aliphatic imine (C=N–C) groups is 1. The number of aromatic nitrogens is 4. The van der Waals surface area contributed by atoms with Crippen LogP contribution in [0.4, 0.5) is 5.00 Å². The molecule has 0 bridgehead atoms. The first kappa shape index (κ1) is 20.0. The van der Waals surface area contributed by atoms with Crippen LogP contribution in [0.3, 0.4) is 0 Å². The van der Waals surface area contributed by atoms with Gasteiger partial charge in [0.05, 0.1) is 38.8 Å². The van der Waals surface area contributed by atoms with Crippen LogP contribution in [0, 0.1) is 5.41 Å². The Labute approximate surface area is 178 Å². The Morgan fingerprint density at radius 3 is 2.40 bits per heavy atom. The molecule has 0 spiro atoms. The quantitative estimate of drug-likeness (QED) is 0.615. The smallest absolute Gasteiger partial charge is 0.274 e. The van der Waals surface area contributed by atoms with Crippen molar-refractivity contribution in [3.05, 3.63) is 30.2 Å². The van der Waals surface area contributed by atoms with E-state index in [1.165, 1.54) is 11.3 Å². The van der Waals surface area contributed by atoms with Crippen LogP contribution in [0.5, 0.6) is 16.7 Å². The second-order valence-corrected chi connectivity index (χ2v) is 8.52. The number of methoxy groups -OCH3 is 3. The predicted molar refractivity (Wildman–Crippen MR) is 116 cm³/mol. The number of hydrogen-bond acceptors (Lipinski definition) is 9. The highest BCUT2D eigenvalue weighted by Crippen LogP contribution is 2.36. The van der Waals surface area contributed by atoms with Crippen LogP contribution in [-0.2, 0) is 0 Å². The average molecular weight is 427 g/mol. The van der Waals surface area contributed by atoms with Gasteiger partial charge in [-0.15, -0.1) is 10.2 Å². The molecule has 30 heavy (non-hydrogen) atoms. The topological polar surface area (TPSA) is 96.0 Å². The maximum atomic E-state index is 5.52. The Morgan fingerprint density at radius 2 is 1.77 bits per heavy atom. The van der Waals surface area contributed by atoms with Crippen molar-refractivity contribution in [3.8, 4) is 28.1 Å². The van der Waals surface area contributed by atoms with Gasteiger partial charge in [-0.1, -0.05) is 32.1 Å². The van der Waals surface area contributed by atoms with Gasteiger partial charge >= 0.3 is 0 Å². The lowest BCUT2D eigenvalue weighted by molar-refractivity contribution is 0.404. The molecule has 0 aliphatic carbocycles. The molecular weight excluding hydrogens is 404 g/mol. The number of hydrogen-bond donors (Lipinski definition) is 0. The molecule has 3 heterocycles. The maximum absolute atomic E-state index is 5.52. The van der Waals surface area contributed by atoms with Gasteiger partial charge in [-0.2, -0.15) is 9.78 Å². The molecule has 0 N–H and O–H groups in total. The zero-order chi connectivity index (χ0) is 21.5. The van der Waals surface area contributed by atoms with Gasteiger partial charge in [-0.05, 0) is 18.2 Å². The van der Waals surface area contributed by atoms with Crippen LogP contribution >= 0.6 is 11.3 Å². The van der Waals surface area contributed by atoms with E-state index in [0.717, 1.165) is 11.3 Å². The molecule has 0 amide bonds. The SMILES string of the molecule is COc1ccc(OC)c(-c2nnc3n2N=C(C(C)(C)C)C3=Nc2cnc(OC)s2)c1. The molecule has 4 rings (SSSR count). The van der Waals surface area contributed by atoms with Gasteiger partial charge in [0.15, 0.2) is 5.82 Å². The predicted octanol–water partition coefficient (Wildman–Crippen LogP) is 3.81. The van der Waals surface area contributed by atoms with Crippen molar-refractivity contribution in [2.24, 2.45) is 15.5 Å². The lowest BCUT2D eigenvalue weighted by Crippen LogP contribution is -2.27. The second-order valence-electron chi connectivity index (χ2n) is 7.55. The first-order valence-corrected chi connectivity index (χ1v) is 10.0. The van der Waals surface area contributed by atoms with Crippen LogP contribution in [0.25, 0.3) is 11.4 Å². The summed E-state index contributed by atoms with van der Waals surface area (Å²) < 4.78 is 17.8.